The molecule has 2 aromatic rings. The van der Waals surface area contributed by atoms with Gasteiger partial charge in [-0.3, -0.25) is 0 Å². The minimum Gasteiger partial charge on any atom is -0.348 e. The van der Waals surface area contributed by atoms with Crippen molar-refractivity contribution in [2.45, 2.75) is 196 Å². The quantitative estimate of drug-likeness (QED) is 0.0185. The van der Waals surface area contributed by atoms with Gasteiger partial charge >= 0.3 is 22.4 Å². The van der Waals surface area contributed by atoms with Crippen LogP contribution >= 0.6 is 0 Å². The first-order chi connectivity index (χ1) is 24.5. The second-order valence-corrected chi connectivity index (χ2v) is 14.0. The molecule has 0 radical (unpaired) electrons. The van der Waals surface area contributed by atoms with E-state index in [2.05, 4.69) is 108 Å². The summed E-state index contributed by atoms with van der Waals surface area (Å²) in [6.45, 7) is 20.8. The fourth-order valence-corrected chi connectivity index (χ4v) is 6.06. The molecule has 0 heterocycles. The second kappa shape index (κ2) is 37.6. The zero-order valence-corrected chi connectivity index (χ0v) is 35.2. The predicted molar refractivity (Wildman–Crippen MR) is 225 cm³/mol. The molecule has 2 aromatic carbocycles. The van der Waals surface area contributed by atoms with Gasteiger partial charge in [0, 0.05) is 0 Å². The van der Waals surface area contributed by atoms with Gasteiger partial charge in [0.15, 0.2) is 0 Å². The predicted octanol–water partition coefficient (Wildman–Crippen LogP) is 15.7. The fraction of sp³-hybridized carbons (Fsp3) is 0.625. The molecule has 2 nitrogen and oxygen atoms in total. The minimum atomic E-state index is 0. The summed E-state index contributed by atoms with van der Waals surface area (Å²) < 4.78 is 0. The minimum absolute atomic E-state index is 0. The van der Waals surface area contributed by atoms with Crippen LogP contribution in [0.25, 0.3) is 11.1 Å². The second-order valence-electron chi connectivity index (χ2n) is 14.0. The number of hydrogen-bond donors (Lipinski definition) is 0. The van der Waals surface area contributed by atoms with Crippen LogP contribution in [0.1, 0.15) is 205 Å². The van der Waals surface area contributed by atoms with Crippen LogP contribution in [-0.4, -0.2) is 10.7 Å². The van der Waals surface area contributed by atoms with Gasteiger partial charge in [-0.15, -0.1) is 4.79 Å². The Morgan fingerprint density at radius 2 is 0.902 bits per heavy atom. The van der Waals surface area contributed by atoms with E-state index in [4.69, 9.17) is 5.53 Å². The first-order valence-corrected chi connectivity index (χ1v) is 20.9. The number of allylic oxidation sites excluding steroid dienone is 2. The number of nitrogens with zero attached hydrogens (tertiary/aromatic N) is 2. The summed E-state index contributed by atoms with van der Waals surface area (Å²) in [7, 11) is 0. The molecule has 290 valence electrons. The van der Waals surface area contributed by atoms with E-state index < -0.39 is 0 Å². The number of hydrogen-bond acceptors (Lipinski definition) is 0. The van der Waals surface area contributed by atoms with E-state index in [0.717, 1.165) is 50.5 Å². The van der Waals surface area contributed by atoms with Crippen molar-refractivity contribution >= 4 is 11.4 Å². The Bertz CT molecular complexity index is 1140. The van der Waals surface area contributed by atoms with E-state index in [1.165, 1.54) is 143 Å². The average molecular weight is 742 g/mol. The van der Waals surface area contributed by atoms with Crippen LogP contribution in [-0.2, 0) is 29.3 Å². The summed E-state index contributed by atoms with van der Waals surface area (Å²) in [4.78, 5) is 3.22. The standard InChI is InChI=1S/C30H40N2.2C9H19.Ni/c1-5-8-11-13-26-17-21-28(22-18-26)30(29(14-10-7-3)24(4)23-32-31)27-19-15-25(16-20-27)12-9-6-2;2*1-3-5-7-9-8-6-4-2;/h15-22H,5-14H2,1-4H3;2*1,3-9H2,2H3;/q;2*-1;+2. The van der Waals surface area contributed by atoms with Gasteiger partial charge in [-0.1, -0.05) is 186 Å². The molecule has 0 aliphatic heterocycles. The molecule has 0 saturated carbocycles. The summed E-state index contributed by atoms with van der Waals surface area (Å²) in [6, 6.07) is 18.1. The smallest absolute Gasteiger partial charge is 0.348 e. The number of rotatable bonds is 25. The molecular weight excluding hydrogens is 663 g/mol. The molecular formula is C48H78N2Ni. The van der Waals surface area contributed by atoms with E-state index in [1.807, 2.05) is 6.92 Å². The van der Waals surface area contributed by atoms with Gasteiger partial charge in [0.2, 0.25) is 0 Å². The van der Waals surface area contributed by atoms with Crippen LogP contribution in [0.15, 0.2) is 59.7 Å². The third-order valence-corrected chi connectivity index (χ3v) is 9.33. The molecule has 2 rings (SSSR count). The van der Waals surface area contributed by atoms with Crippen LogP contribution in [0.5, 0.6) is 0 Å². The molecule has 0 aliphatic rings. The molecule has 0 fully saturated rings. The Morgan fingerprint density at radius 3 is 1.29 bits per heavy atom. The molecule has 0 N–H and O–H groups in total. The van der Waals surface area contributed by atoms with Gasteiger partial charge in [-0.05, 0) is 78.8 Å². The van der Waals surface area contributed by atoms with Gasteiger partial charge < -0.3 is 19.4 Å². The van der Waals surface area contributed by atoms with Gasteiger partial charge in [-0.2, -0.15) is 12.8 Å². The van der Waals surface area contributed by atoms with E-state index in [0.29, 0.717) is 0 Å². The molecule has 0 atom stereocenters. The summed E-state index contributed by atoms with van der Waals surface area (Å²) >= 11 is 0. The van der Waals surface area contributed by atoms with Crippen molar-refractivity contribution in [1.29, 1.82) is 0 Å². The first kappa shape index (κ1) is 50.9. The van der Waals surface area contributed by atoms with Crippen LogP contribution < -0.4 is 0 Å². The van der Waals surface area contributed by atoms with E-state index in [-0.39, 0.29) is 16.5 Å². The molecule has 0 unspecified atom stereocenters. The Labute approximate surface area is 328 Å². The molecule has 0 saturated heterocycles. The van der Waals surface area contributed by atoms with Gasteiger partial charge in [0.05, 0.1) is 5.57 Å². The van der Waals surface area contributed by atoms with Crippen molar-refractivity contribution < 1.29 is 21.3 Å². The molecule has 0 aromatic heterocycles. The Balaban J connectivity index is 0. The van der Waals surface area contributed by atoms with Crippen molar-refractivity contribution in [2.24, 2.45) is 0 Å². The first-order valence-electron chi connectivity index (χ1n) is 20.9. The third kappa shape index (κ3) is 26.3. The van der Waals surface area contributed by atoms with E-state index in [1.54, 1.807) is 0 Å². The van der Waals surface area contributed by atoms with Crippen LogP contribution in [0.3, 0.4) is 0 Å². The maximum Gasteiger partial charge on any atom is 2.00 e. The van der Waals surface area contributed by atoms with Crippen molar-refractivity contribution in [2.75, 3.05) is 0 Å². The number of benzene rings is 2. The van der Waals surface area contributed by atoms with Crippen LogP contribution in [0.2, 0.25) is 0 Å². The third-order valence-electron chi connectivity index (χ3n) is 9.33. The molecule has 51 heavy (non-hydrogen) atoms. The zero-order chi connectivity index (χ0) is 37.1. The SMILES string of the molecule is CCCCCc1ccc(C(=C(CCCC)C(C)=C=[N+]=[N-])c2ccc(CCCC)cc2)cc1.[CH2-]CCCCCCCC.[CH2-]CCCCCCCC.[Ni+2]. The van der Waals surface area contributed by atoms with Gasteiger partial charge in [0.25, 0.3) is 0 Å². The van der Waals surface area contributed by atoms with Crippen molar-refractivity contribution in [3.05, 3.63) is 101 Å². The summed E-state index contributed by atoms with van der Waals surface area (Å²) in [5.74, 6) is 2.80. The van der Waals surface area contributed by atoms with Crippen LogP contribution in [0, 0.1) is 13.8 Å². The Hall–Kier alpha value is -2.17. The van der Waals surface area contributed by atoms with E-state index in [9.17, 15) is 0 Å². The monoisotopic (exact) mass is 741 g/mol. The summed E-state index contributed by atoms with van der Waals surface area (Å²) in [5, 5.41) is 0. The molecule has 0 aliphatic carbocycles. The van der Waals surface area contributed by atoms with Crippen molar-refractivity contribution in [3.8, 4) is 0 Å². The normalized spacial score (nSPS) is 10.7. The largest absolute Gasteiger partial charge is 2.00 e. The summed E-state index contributed by atoms with van der Waals surface area (Å²) in [6.07, 6.45) is 30.5. The Kier molecular flexibility index (Phi) is 37.5. The van der Waals surface area contributed by atoms with Gasteiger partial charge in [-0.25, -0.2) is 0 Å². The zero-order valence-electron chi connectivity index (χ0n) is 34.2. The topological polar surface area (TPSA) is 36.4 Å². The van der Waals surface area contributed by atoms with Crippen molar-refractivity contribution in [1.82, 2.24) is 0 Å². The fourth-order valence-electron chi connectivity index (χ4n) is 6.06. The maximum atomic E-state index is 9.16. The Morgan fingerprint density at radius 1 is 0.529 bits per heavy atom. The van der Waals surface area contributed by atoms with Crippen LogP contribution in [0.4, 0.5) is 0 Å². The van der Waals surface area contributed by atoms with E-state index >= 15 is 0 Å². The van der Waals surface area contributed by atoms with Gasteiger partial charge in [0.1, 0.15) is 0 Å². The molecule has 0 amide bonds. The molecule has 0 spiro atoms. The maximum absolute atomic E-state index is 9.16. The average Bonchev–Trinajstić information content (AvgIpc) is 3.14. The summed E-state index contributed by atoms with van der Waals surface area (Å²) in [5.41, 5.74) is 17.7. The van der Waals surface area contributed by atoms with Crippen molar-refractivity contribution in [3.63, 3.8) is 0 Å². The number of unbranched alkanes of at least 4 members (excludes halogenated alkanes) is 16. The molecule has 3 heteroatoms. The number of aryl methyl sites for hydroxylation is 2. The molecule has 0 bridgehead atoms.